The number of carbonyl (C=O) groups excluding carboxylic acids is 1. The molecule has 0 bridgehead atoms. The van der Waals surface area contributed by atoms with Gasteiger partial charge < -0.3 is 15.2 Å². The Morgan fingerprint density at radius 2 is 1.91 bits per heavy atom. The topological polar surface area (TPSA) is 101 Å². The SMILES string of the molecule is COc1ccc([C@H](CC(=O)O)NC(=O)c2cnc(C)cn2)cc1. The first kappa shape index (κ1) is 16.4. The summed E-state index contributed by atoms with van der Waals surface area (Å²) in [6.07, 6.45) is 2.60. The smallest absolute Gasteiger partial charge is 0.305 e. The molecule has 1 aromatic heterocycles. The highest BCUT2D eigenvalue weighted by atomic mass is 16.5. The molecule has 0 spiro atoms. The quantitative estimate of drug-likeness (QED) is 0.842. The van der Waals surface area contributed by atoms with Crippen molar-refractivity contribution < 1.29 is 19.4 Å². The lowest BCUT2D eigenvalue weighted by molar-refractivity contribution is -0.137. The molecule has 0 radical (unpaired) electrons. The molecule has 2 rings (SSSR count). The number of ether oxygens (including phenoxy) is 1. The highest BCUT2D eigenvalue weighted by Crippen LogP contribution is 2.20. The van der Waals surface area contributed by atoms with Crippen molar-refractivity contribution in [2.75, 3.05) is 7.11 Å². The predicted octanol–water partition coefficient (Wildman–Crippen LogP) is 1.74. The van der Waals surface area contributed by atoms with Crippen LogP contribution < -0.4 is 10.1 Å². The molecule has 0 saturated heterocycles. The van der Waals surface area contributed by atoms with Crippen LogP contribution in [0.3, 0.4) is 0 Å². The number of hydrogen-bond donors (Lipinski definition) is 2. The first-order valence-electron chi connectivity index (χ1n) is 6.95. The third kappa shape index (κ3) is 4.50. The van der Waals surface area contributed by atoms with Crippen LogP contribution >= 0.6 is 0 Å². The Morgan fingerprint density at radius 3 is 2.43 bits per heavy atom. The molecule has 2 aromatic rings. The average molecular weight is 315 g/mol. The van der Waals surface area contributed by atoms with Crippen molar-refractivity contribution in [2.24, 2.45) is 0 Å². The number of rotatable bonds is 6. The van der Waals surface area contributed by atoms with Gasteiger partial charge in [0.25, 0.3) is 5.91 Å². The van der Waals surface area contributed by atoms with E-state index in [2.05, 4.69) is 15.3 Å². The number of hydrogen-bond acceptors (Lipinski definition) is 5. The lowest BCUT2D eigenvalue weighted by Crippen LogP contribution is -2.30. The fourth-order valence-corrected chi connectivity index (χ4v) is 2.01. The summed E-state index contributed by atoms with van der Waals surface area (Å²) in [7, 11) is 1.54. The van der Waals surface area contributed by atoms with E-state index in [1.807, 2.05) is 0 Å². The number of nitrogens with one attached hydrogen (secondary N) is 1. The normalized spacial score (nSPS) is 11.6. The van der Waals surface area contributed by atoms with E-state index in [1.165, 1.54) is 12.4 Å². The molecular formula is C16H17N3O4. The molecule has 1 heterocycles. The largest absolute Gasteiger partial charge is 0.497 e. The Balaban J connectivity index is 2.18. The molecule has 0 fully saturated rings. The van der Waals surface area contributed by atoms with E-state index in [0.717, 1.165) is 0 Å². The van der Waals surface area contributed by atoms with Crippen LogP contribution in [0.5, 0.6) is 5.75 Å². The fraction of sp³-hybridized carbons (Fsp3) is 0.250. The molecule has 0 saturated carbocycles. The number of aliphatic carboxylic acids is 1. The van der Waals surface area contributed by atoms with Gasteiger partial charge in [-0.15, -0.1) is 0 Å². The zero-order chi connectivity index (χ0) is 16.8. The van der Waals surface area contributed by atoms with E-state index in [9.17, 15) is 9.59 Å². The lowest BCUT2D eigenvalue weighted by Gasteiger charge is -2.17. The fourth-order valence-electron chi connectivity index (χ4n) is 2.01. The van der Waals surface area contributed by atoms with Gasteiger partial charge in [-0.25, -0.2) is 4.98 Å². The van der Waals surface area contributed by atoms with Crippen LogP contribution in [0.4, 0.5) is 0 Å². The van der Waals surface area contributed by atoms with Crippen LogP contribution in [0.15, 0.2) is 36.7 Å². The summed E-state index contributed by atoms with van der Waals surface area (Å²) < 4.78 is 5.07. The van der Waals surface area contributed by atoms with Gasteiger partial charge in [0.05, 0.1) is 31.5 Å². The molecule has 0 aliphatic heterocycles. The first-order valence-corrected chi connectivity index (χ1v) is 6.95. The second kappa shape index (κ2) is 7.35. The number of methoxy groups -OCH3 is 1. The molecule has 2 N–H and O–H groups in total. The first-order chi connectivity index (χ1) is 11.0. The number of aromatic nitrogens is 2. The zero-order valence-corrected chi connectivity index (χ0v) is 12.8. The summed E-state index contributed by atoms with van der Waals surface area (Å²) in [4.78, 5) is 31.3. The van der Waals surface area contributed by atoms with Crippen molar-refractivity contribution >= 4 is 11.9 Å². The maximum Gasteiger partial charge on any atom is 0.305 e. The van der Waals surface area contributed by atoms with Gasteiger partial charge in [-0.05, 0) is 24.6 Å². The second-order valence-corrected chi connectivity index (χ2v) is 4.94. The van der Waals surface area contributed by atoms with Crippen molar-refractivity contribution in [1.82, 2.24) is 15.3 Å². The molecular weight excluding hydrogens is 298 g/mol. The number of carboxylic acids is 1. The van der Waals surface area contributed by atoms with Crippen molar-refractivity contribution in [3.05, 3.63) is 53.6 Å². The molecule has 0 unspecified atom stereocenters. The molecule has 1 aromatic carbocycles. The molecule has 23 heavy (non-hydrogen) atoms. The van der Waals surface area contributed by atoms with Crippen LogP contribution in [-0.4, -0.2) is 34.1 Å². The van der Waals surface area contributed by atoms with Crippen LogP contribution in [0.2, 0.25) is 0 Å². The van der Waals surface area contributed by atoms with Gasteiger partial charge in [0.2, 0.25) is 0 Å². The zero-order valence-electron chi connectivity index (χ0n) is 12.8. The van der Waals surface area contributed by atoms with Crippen LogP contribution in [0.25, 0.3) is 0 Å². The van der Waals surface area contributed by atoms with Crippen molar-refractivity contribution in [1.29, 1.82) is 0 Å². The summed E-state index contributed by atoms with van der Waals surface area (Å²) in [5, 5.41) is 11.7. The average Bonchev–Trinajstić information content (AvgIpc) is 2.54. The van der Waals surface area contributed by atoms with E-state index in [0.29, 0.717) is 17.0 Å². The lowest BCUT2D eigenvalue weighted by atomic mass is 10.0. The molecule has 120 valence electrons. The number of benzene rings is 1. The van der Waals surface area contributed by atoms with Gasteiger partial charge in [-0.2, -0.15) is 0 Å². The standard InChI is InChI=1S/C16H17N3O4/c1-10-8-18-14(9-17-10)16(22)19-13(7-15(20)21)11-3-5-12(23-2)6-4-11/h3-6,8-9,13H,7H2,1-2H3,(H,19,22)(H,20,21)/t13-/m0/s1. The van der Waals surface area contributed by atoms with E-state index < -0.39 is 17.9 Å². The number of aryl methyl sites for hydroxylation is 1. The van der Waals surface area contributed by atoms with E-state index in [-0.39, 0.29) is 12.1 Å². The maximum absolute atomic E-state index is 12.2. The monoisotopic (exact) mass is 315 g/mol. The van der Waals surface area contributed by atoms with Gasteiger partial charge >= 0.3 is 5.97 Å². The predicted molar refractivity (Wildman–Crippen MR) is 82.2 cm³/mol. The second-order valence-electron chi connectivity index (χ2n) is 4.94. The minimum atomic E-state index is -1.01. The number of carbonyl (C=O) groups is 2. The van der Waals surface area contributed by atoms with Gasteiger partial charge in [-0.3, -0.25) is 14.6 Å². The highest BCUT2D eigenvalue weighted by molar-refractivity contribution is 5.92. The Kier molecular flexibility index (Phi) is 5.24. The summed E-state index contributed by atoms with van der Waals surface area (Å²) in [5.74, 6) is -0.834. The van der Waals surface area contributed by atoms with E-state index in [4.69, 9.17) is 9.84 Å². The Bertz CT molecular complexity index is 683. The molecule has 7 heteroatoms. The summed E-state index contributed by atoms with van der Waals surface area (Å²) >= 11 is 0. The Morgan fingerprint density at radius 1 is 1.22 bits per heavy atom. The van der Waals surface area contributed by atoms with Gasteiger partial charge in [0.1, 0.15) is 11.4 Å². The van der Waals surface area contributed by atoms with Crippen molar-refractivity contribution in [3.8, 4) is 5.75 Å². The Hall–Kier alpha value is -2.96. The number of carboxylic acid groups (broad SMARTS) is 1. The number of amides is 1. The van der Waals surface area contributed by atoms with Gasteiger partial charge in [-0.1, -0.05) is 12.1 Å². The summed E-state index contributed by atoms with van der Waals surface area (Å²) in [6.45, 7) is 1.76. The molecule has 1 amide bonds. The highest BCUT2D eigenvalue weighted by Gasteiger charge is 2.19. The third-order valence-corrected chi connectivity index (χ3v) is 3.22. The Labute approximate surface area is 133 Å². The molecule has 7 nitrogen and oxygen atoms in total. The minimum absolute atomic E-state index is 0.138. The van der Waals surface area contributed by atoms with E-state index in [1.54, 1.807) is 38.3 Å². The molecule has 0 aliphatic rings. The van der Waals surface area contributed by atoms with E-state index >= 15 is 0 Å². The maximum atomic E-state index is 12.2. The van der Waals surface area contributed by atoms with Crippen LogP contribution in [0.1, 0.15) is 34.2 Å². The van der Waals surface area contributed by atoms with Crippen molar-refractivity contribution in [3.63, 3.8) is 0 Å². The molecule has 0 aliphatic carbocycles. The van der Waals surface area contributed by atoms with Crippen molar-refractivity contribution in [2.45, 2.75) is 19.4 Å². The minimum Gasteiger partial charge on any atom is -0.497 e. The molecule has 1 atom stereocenters. The number of nitrogens with zero attached hydrogens (tertiary/aromatic N) is 2. The van der Waals surface area contributed by atoms with Crippen LogP contribution in [0, 0.1) is 6.92 Å². The third-order valence-electron chi connectivity index (χ3n) is 3.22. The summed E-state index contributed by atoms with van der Waals surface area (Å²) in [5.41, 5.74) is 1.50. The van der Waals surface area contributed by atoms with Gasteiger partial charge in [0.15, 0.2) is 0 Å². The van der Waals surface area contributed by atoms with Gasteiger partial charge in [0, 0.05) is 6.20 Å². The summed E-state index contributed by atoms with van der Waals surface area (Å²) in [6, 6.07) is 6.18. The van der Waals surface area contributed by atoms with Crippen LogP contribution in [-0.2, 0) is 4.79 Å².